The standard InChI is InChI=1S/C19H21NO6/c1-24-15-11-17(26-3)16(25-2)10-13(15)18(21)20-14(19(22)23)9-12-7-5-4-6-8-12/h4-8,10-11,14H,9H2,1-3H3,(H,20,21)(H,22,23). The summed E-state index contributed by atoms with van der Waals surface area (Å²) in [4.78, 5) is 24.2. The van der Waals surface area contributed by atoms with Gasteiger partial charge in [-0.2, -0.15) is 0 Å². The van der Waals surface area contributed by atoms with E-state index in [0.717, 1.165) is 5.56 Å². The zero-order chi connectivity index (χ0) is 19.1. The van der Waals surface area contributed by atoms with E-state index in [1.807, 2.05) is 18.2 Å². The van der Waals surface area contributed by atoms with Gasteiger partial charge in [-0.3, -0.25) is 4.79 Å². The highest BCUT2D eigenvalue weighted by atomic mass is 16.5. The van der Waals surface area contributed by atoms with Gasteiger partial charge in [0.2, 0.25) is 0 Å². The van der Waals surface area contributed by atoms with Crippen molar-refractivity contribution < 1.29 is 28.9 Å². The molecule has 0 aliphatic heterocycles. The van der Waals surface area contributed by atoms with Gasteiger partial charge in [0.1, 0.15) is 11.8 Å². The second-order valence-corrected chi connectivity index (χ2v) is 5.46. The summed E-state index contributed by atoms with van der Waals surface area (Å²) in [6.45, 7) is 0. The van der Waals surface area contributed by atoms with Crippen LogP contribution in [0.2, 0.25) is 0 Å². The van der Waals surface area contributed by atoms with Crippen LogP contribution >= 0.6 is 0 Å². The number of carboxylic acid groups (broad SMARTS) is 1. The molecule has 0 aliphatic carbocycles. The molecule has 0 bridgehead atoms. The van der Waals surface area contributed by atoms with E-state index in [0.29, 0.717) is 11.5 Å². The number of nitrogens with one attached hydrogen (secondary N) is 1. The Morgan fingerprint density at radius 1 is 0.962 bits per heavy atom. The molecule has 26 heavy (non-hydrogen) atoms. The fourth-order valence-corrected chi connectivity index (χ4v) is 2.49. The van der Waals surface area contributed by atoms with Crippen LogP contribution in [-0.2, 0) is 11.2 Å². The number of ether oxygens (including phenoxy) is 3. The molecule has 0 saturated heterocycles. The first-order valence-electron chi connectivity index (χ1n) is 7.87. The molecule has 2 aromatic rings. The maximum atomic E-state index is 12.6. The number of carbonyl (C=O) groups is 2. The minimum Gasteiger partial charge on any atom is -0.496 e. The molecule has 0 fully saturated rings. The molecule has 2 N–H and O–H groups in total. The Morgan fingerprint density at radius 3 is 2.08 bits per heavy atom. The van der Waals surface area contributed by atoms with Crippen LogP contribution in [0.3, 0.4) is 0 Å². The molecule has 0 aromatic heterocycles. The number of amides is 1. The number of rotatable bonds is 8. The molecule has 0 spiro atoms. The summed E-state index contributed by atoms with van der Waals surface area (Å²) >= 11 is 0. The SMILES string of the molecule is COc1cc(OC)c(C(=O)NC(Cc2ccccc2)C(=O)O)cc1OC. The Bertz CT molecular complexity index is 775. The minimum absolute atomic E-state index is 0.157. The average Bonchev–Trinajstić information content (AvgIpc) is 2.66. The van der Waals surface area contributed by atoms with Gasteiger partial charge in [0.15, 0.2) is 11.5 Å². The first-order chi connectivity index (χ1) is 12.5. The number of carbonyl (C=O) groups excluding carboxylic acids is 1. The largest absolute Gasteiger partial charge is 0.496 e. The third kappa shape index (κ3) is 4.44. The summed E-state index contributed by atoms with van der Waals surface area (Å²) in [6, 6.07) is 11.0. The van der Waals surface area contributed by atoms with Crippen LogP contribution in [0, 0.1) is 0 Å². The second-order valence-electron chi connectivity index (χ2n) is 5.46. The molecule has 0 saturated carbocycles. The van der Waals surface area contributed by atoms with Crippen molar-refractivity contribution in [3.63, 3.8) is 0 Å². The van der Waals surface area contributed by atoms with E-state index >= 15 is 0 Å². The zero-order valence-electron chi connectivity index (χ0n) is 14.8. The quantitative estimate of drug-likeness (QED) is 0.750. The number of methoxy groups -OCH3 is 3. The van der Waals surface area contributed by atoms with Gasteiger partial charge < -0.3 is 24.6 Å². The van der Waals surface area contributed by atoms with Gasteiger partial charge in [-0.15, -0.1) is 0 Å². The third-order valence-corrected chi connectivity index (χ3v) is 3.84. The van der Waals surface area contributed by atoms with Gasteiger partial charge in [0.05, 0.1) is 26.9 Å². The third-order valence-electron chi connectivity index (χ3n) is 3.84. The first-order valence-corrected chi connectivity index (χ1v) is 7.87. The summed E-state index contributed by atoms with van der Waals surface area (Å²) in [5.74, 6) is -0.704. The van der Waals surface area contributed by atoms with Crippen LogP contribution < -0.4 is 19.5 Å². The van der Waals surface area contributed by atoms with E-state index in [4.69, 9.17) is 14.2 Å². The molecule has 0 aliphatic rings. The molecule has 2 aromatic carbocycles. The molecule has 2 rings (SSSR count). The van der Waals surface area contributed by atoms with Gasteiger partial charge in [-0.05, 0) is 5.56 Å². The van der Waals surface area contributed by atoms with E-state index in [1.54, 1.807) is 12.1 Å². The lowest BCUT2D eigenvalue weighted by Crippen LogP contribution is -2.42. The fraction of sp³-hybridized carbons (Fsp3) is 0.263. The maximum Gasteiger partial charge on any atom is 0.326 e. The molecule has 7 nitrogen and oxygen atoms in total. The van der Waals surface area contributed by atoms with Crippen molar-refractivity contribution in [2.75, 3.05) is 21.3 Å². The molecule has 0 heterocycles. The number of hydrogen-bond donors (Lipinski definition) is 2. The second kappa shape index (κ2) is 8.75. The van der Waals surface area contributed by atoms with E-state index in [1.165, 1.54) is 33.5 Å². The highest BCUT2D eigenvalue weighted by Crippen LogP contribution is 2.34. The first kappa shape index (κ1) is 19.1. The summed E-state index contributed by atoms with van der Waals surface area (Å²) in [7, 11) is 4.33. The summed E-state index contributed by atoms with van der Waals surface area (Å²) < 4.78 is 15.6. The van der Waals surface area contributed by atoms with Crippen molar-refractivity contribution in [3.05, 3.63) is 53.6 Å². The van der Waals surface area contributed by atoms with E-state index < -0.39 is 17.9 Å². The number of benzene rings is 2. The predicted octanol–water partition coefficient (Wildman–Crippen LogP) is 2.14. The maximum absolute atomic E-state index is 12.6. The molecule has 7 heteroatoms. The van der Waals surface area contributed by atoms with Crippen LogP contribution in [0.5, 0.6) is 17.2 Å². The van der Waals surface area contributed by atoms with Crippen molar-refractivity contribution in [1.29, 1.82) is 0 Å². The highest BCUT2D eigenvalue weighted by Gasteiger charge is 2.24. The zero-order valence-corrected chi connectivity index (χ0v) is 14.8. The summed E-state index contributed by atoms with van der Waals surface area (Å²) in [5, 5.41) is 12.0. The number of hydrogen-bond acceptors (Lipinski definition) is 5. The van der Waals surface area contributed by atoms with E-state index in [9.17, 15) is 14.7 Å². The van der Waals surface area contributed by atoms with Crippen LogP contribution in [-0.4, -0.2) is 44.4 Å². The van der Waals surface area contributed by atoms with Gasteiger partial charge in [0, 0.05) is 18.6 Å². The van der Waals surface area contributed by atoms with Crippen molar-refractivity contribution in [3.8, 4) is 17.2 Å². The summed E-state index contributed by atoms with van der Waals surface area (Å²) in [5.41, 5.74) is 0.962. The Labute approximate surface area is 151 Å². The summed E-state index contributed by atoms with van der Waals surface area (Å²) in [6.07, 6.45) is 0.164. The smallest absolute Gasteiger partial charge is 0.326 e. The van der Waals surface area contributed by atoms with Crippen LogP contribution in [0.15, 0.2) is 42.5 Å². The van der Waals surface area contributed by atoms with Gasteiger partial charge in [-0.25, -0.2) is 4.79 Å². The Balaban J connectivity index is 2.27. The van der Waals surface area contributed by atoms with Crippen molar-refractivity contribution in [1.82, 2.24) is 5.32 Å². The number of carboxylic acids is 1. The molecular formula is C19H21NO6. The normalized spacial score (nSPS) is 11.3. The Hall–Kier alpha value is -3.22. The van der Waals surface area contributed by atoms with E-state index in [-0.39, 0.29) is 17.7 Å². The Morgan fingerprint density at radius 2 is 1.54 bits per heavy atom. The lowest BCUT2D eigenvalue weighted by atomic mass is 10.1. The van der Waals surface area contributed by atoms with Crippen molar-refractivity contribution >= 4 is 11.9 Å². The van der Waals surface area contributed by atoms with Gasteiger partial charge >= 0.3 is 5.97 Å². The van der Waals surface area contributed by atoms with Crippen molar-refractivity contribution in [2.24, 2.45) is 0 Å². The van der Waals surface area contributed by atoms with Gasteiger partial charge in [0.25, 0.3) is 5.91 Å². The topological polar surface area (TPSA) is 94.1 Å². The molecule has 1 atom stereocenters. The van der Waals surface area contributed by atoms with Crippen LogP contribution in [0.25, 0.3) is 0 Å². The Kier molecular flexibility index (Phi) is 6.43. The number of aliphatic carboxylic acids is 1. The molecule has 0 radical (unpaired) electrons. The lowest BCUT2D eigenvalue weighted by molar-refractivity contribution is -0.139. The highest BCUT2D eigenvalue weighted by molar-refractivity contribution is 5.99. The molecule has 1 amide bonds. The average molecular weight is 359 g/mol. The van der Waals surface area contributed by atoms with E-state index in [2.05, 4.69) is 5.32 Å². The lowest BCUT2D eigenvalue weighted by Gasteiger charge is -2.17. The molecule has 1 unspecified atom stereocenters. The predicted molar refractivity (Wildman–Crippen MR) is 95.1 cm³/mol. The van der Waals surface area contributed by atoms with Crippen molar-refractivity contribution in [2.45, 2.75) is 12.5 Å². The van der Waals surface area contributed by atoms with Gasteiger partial charge in [-0.1, -0.05) is 30.3 Å². The molecule has 138 valence electrons. The molecular weight excluding hydrogens is 338 g/mol. The van der Waals surface area contributed by atoms with Crippen LogP contribution in [0.1, 0.15) is 15.9 Å². The van der Waals surface area contributed by atoms with Crippen LogP contribution in [0.4, 0.5) is 0 Å². The minimum atomic E-state index is -1.12. The monoisotopic (exact) mass is 359 g/mol. The fourth-order valence-electron chi connectivity index (χ4n) is 2.49.